The minimum Gasteiger partial charge on any atom is -0.214 e. The van der Waals surface area contributed by atoms with Gasteiger partial charge in [-0.25, -0.2) is 13.1 Å². The predicted octanol–water partition coefficient (Wildman–Crippen LogP) is 2.23. The van der Waals surface area contributed by atoms with Crippen LogP contribution in [0.5, 0.6) is 0 Å². The predicted molar refractivity (Wildman–Crippen MR) is 74.6 cm³/mol. The Morgan fingerprint density at radius 1 is 1.28 bits per heavy atom. The molecule has 3 nitrogen and oxygen atoms in total. The van der Waals surface area contributed by atoms with Gasteiger partial charge < -0.3 is 0 Å². The second-order valence-electron chi connectivity index (χ2n) is 4.63. The van der Waals surface area contributed by atoms with Crippen molar-refractivity contribution in [3.05, 3.63) is 35.4 Å². The molecule has 1 rings (SSSR count). The molecule has 98 valence electrons. The Bertz CT molecular complexity index is 536. The molecule has 0 amide bonds. The molecule has 0 fully saturated rings. The maximum atomic E-state index is 12.2. The van der Waals surface area contributed by atoms with Gasteiger partial charge in [-0.05, 0) is 38.0 Å². The fourth-order valence-electron chi connectivity index (χ4n) is 1.54. The number of hydrogen-bond donors (Lipinski definition) is 1. The molecule has 0 aliphatic carbocycles. The number of rotatable bonds is 5. The van der Waals surface area contributed by atoms with Crippen LogP contribution < -0.4 is 4.72 Å². The summed E-state index contributed by atoms with van der Waals surface area (Å²) in [6.07, 6.45) is 6.05. The van der Waals surface area contributed by atoms with Gasteiger partial charge in [-0.15, -0.1) is 6.42 Å². The van der Waals surface area contributed by atoms with E-state index in [4.69, 9.17) is 6.42 Å². The third-order valence-corrected chi connectivity index (χ3v) is 5.12. The van der Waals surface area contributed by atoms with Crippen molar-refractivity contribution in [2.45, 2.75) is 31.9 Å². The number of hydrogen-bond acceptors (Lipinski definition) is 2. The van der Waals surface area contributed by atoms with Crippen LogP contribution in [0.2, 0.25) is 0 Å². The normalized spacial score (nSPS) is 12.1. The van der Waals surface area contributed by atoms with Crippen molar-refractivity contribution >= 4 is 10.0 Å². The van der Waals surface area contributed by atoms with Crippen LogP contribution in [0.25, 0.3) is 0 Å². The standard InChI is InChI=1S/C14H19NO2S/c1-5-11-15-18(16,17)14(3,4)13-9-7-12(6-2)8-10-13/h2,7-10,15H,5,11H2,1,3-4H3. The summed E-state index contributed by atoms with van der Waals surface area (Å²) < 4.78 is 26.1. The first-order chi connectivity index (χ1) is 8.35. The number of nitrogens with one attached hydrogen (secondary N) is 1. The highest BCUT2D eigenvalue weighted by molar-refractivity contribution is 7.90. The van der Waals surface area contributed by atoms with Gasteiger partial charge in [0.25, 0.3) is 0 Å². The number of terminal acetylenes is 1. The fraction of sp³-hybridized carbons (Fsp3) is 0.429. The zero-order chi connectivity index (χ0) is 13.8. The van der Waals surface area contributed by atoms with Crippen LogP contribution in [0.3, 0.4) is 0 Å². The second kappa shape index (κ2) is 5.55. The zero-order valence-electron chi connectivity index (χ0n) is 11.0. The highest BCUT2D eigenvalue weighted by Gasteiger charge is 2.35. The van der Waals surface area contributed by atoms with Gasteiger partial charge in [-0.1, -0.05) is 25.0 Å². The summed E-state index contributed by atoms with van der Waals surface area (Å²) in [6.45, 7) is 5.76. The minimum atomic E-state index is -3.40. The molecule has 1 aromatic rings. The van der Waals surface area contributed by atoms with Gasteiger partial charge in [0.2, 0.25) is 10.0 Å². The summed E-state index contributed by atoms with van der Waals surface area (Å²) in [7, 11) is -3.40. The van der Waals surface area contributed by atoms with Crippen molar-refractivity contribution in [3.63, 3.8) is 0 Å². The van der Waals surface area contributed by atoms with E-state index in [1.54, 1.807) is 38.1 Å². The fourth-order valence-corrected chi connectivity index (χ4v) is 2.82. The molecule has 0 aliphatic heterocycles. The summed E-state index contributed by atoms with van der Waals surface area (Å²) >= 11 is 0. The summed E-state index contributed by atoms with van der Waals surface area (Å²) in [5, 5.41) is 0. The van der Waals surface area contributed by atoms with E-state index in [0.29, 0.717) is 6.54 Å². The molecule has 0 unspecified atom stereocenters. The lowest BCUT2D eigenvalue weighted by molar-refractivity contribution is 0.539. The Labute approximate surface area is 110 Å². The molecule has 0 saturated carbocycles. The Kier molecular flexibility index (Phi) is 4.55. The first-order valence-corrected chi connectivity index (χ1v) is 7.40. The average molecular weight is 265 g/mol. The van der Waals surface area contributed by atoms with Crippen molar-refractivity contribution in [3.8, 4) is 12.3 Å². The largest absolute Gasteiger partial charge is 0.221 e. The van der Waals surface area contributed by atoms with E-state index >= 15 is 0 Å². The van der Waals surface area contributed by atoms with Crippen LogP contribution in [0.15, 0.2) is 24.3 Å². The van der Waals surface area contributed by atoms with Crippen molar-refractivity contribution < 1.29 is 8.42 Å². The molecule has 1 aromatic carbocycles. The van der Waals surface area contributed by atoms with Crippen LogP contribution in [-0.2, 0) is 14.8 Å². The van der Waals surface area contributed by atoms with Crippen molar-refractivity contribution in [2.75, 3.05) is 6.54 Å². The Balaban J connectivity index is 3.08. The van der Waals surface area contributed by atoms with Crippen molar-refractivity contribution in [1.29, 1.82) is 0 Å². The first kappa shape index (κ1) is 14.7. The molecule has 0 radical (unpaired) electrons. The molecular formula is C14H19NO2S. The lowest BCUT2D eigenvalue weighted by Gasteiger charge is -2.25. The molecule has 18 heavy (non-hydrogen) atoms. The third kappa shape index (κ3) is 2.92. The van der Waals surface area contributed by atoms with Gasteiger partial charge in [-0.2, -0.15) is 0 Å². The molecular weight excluding hydrogens is 246 g/mol. The summed E-state index contributed by atoms with van der Waals surface area (Å²) in [6, 6.07) is 7.04. The third-order valence-electron chi connectivity index (χ3n) is 2.96. The maximum absolute atomic E-state index is 12.2. The molecule has 0 bridgehead atoms. The Morgan fingerprint density at radius 2 is 1.83 bits per heavy atom. The summed E-state index contributed by atoms with van der Waals surface area (Å²) in [5.41, 5.74) is 1.47. The SMILES string of the molecule is C#Cc1ccc(C(C)(C)S(=O)(=O)NCCC)cc1. The van der Waals surface area contributed by atoms with E-state index < -0.39 is 14.8 Å². The molecule has 4 heteroatoms. The summed E-state index contributed by atoms with van der Waals surface area (Å²) in [5.74, 6) is 2.51. The highest BCUT2D eigenvalue weighted by Crippen LogP contribution is 2.28. The van der Waals surface area contributed by atoms with Gasteiger partial charge in [0, 0.05) is 12.1 Å². The molecule has 0 heterocycles. The van der Waals surface area contributed by atoms with Crippen molar-refractivity contribution in [2.24, 2.45) is 0 Å². The van der Waals surface area contributed by atoms with E-state index in [9.17, 15) is 8.42 Å². The van der Waals surface area contributed by atoms with E-state index in [1.807, 2.05) is 6.92 Å². The number of benzene rings is 1. The Morgan fingerprint density at radius 3 is 2.28 bits per heavy atom. The average Bonchev–Trinajstić information content (AvgIpc) is 2.36. The molecule has 0 spiro atoms. The Hall–Kier alpha value is -1.31. The monoisotopic (exact) mass is 265 g/mol. The highest BCUT2D eigenvalue weighted by atomic mass is 32.2. The molecule has 0 atom stereocenters. The number of sulfonamides is 1. The second-order valence-corrected chi connectivity index (χ2v) is 6.95. The van der Waals surface area contributed by atoms with Gasteiger partial charge in [0.05, 0.1) is 0 Å². The molecule has 1 N–H and O–H groups in total. The van der Waals surface area contributed by atoms with Gasteiger partial charge in [0.1, 0.15) is 4.75 Å². The molecule has 0 saturated heterocycles. The molecule has 0 aliphatic rings. The minimum absolute atomic E-state index is 0.453. The first-order valence-electron chi connectivity index (χ1n) is 5.91. The van der Waals surface area contributed by atoms with E-state index in [2.05, 4.69) is 10.6 Å². The van der Waals surface area contributed by atoms with Crippen LogP contribution in [0.1, 0.15) is 38.3 Å². The smallest absolute Gasteiger partial charge is 0.214 e. The van der Waals surface area contributed by atoms with Crippen molar-refractivity contribution in [1.82, 2.24) is 4.72 Å². The lowest BCUT2D eigenvalue weighted by Crippen LogP contribution is -2.39. The summed E-state index contributed by atoms with van der Waals surface area (Å²) in [4.78, 5) is 0. The maximum Gasteiger partial charge on any atom is 0.221 e. The van der Waals surface area contributed by atoms with Gasteiger partial charge in [-0.3, -0.25) is 0 Å². The lowest BCUT2D eigenvalue weighted by atomic mass is 10.0. The van der Waals surface area contributed by atoms with E-state index in [-0.39, 0.29) is 0 Å². The van der Waals surface area contributed by atoms with Crippen LogP contribution in [0.4, 0.5) is 0 Å². The molecule has 0 aromatic heterocycles. The van der Waals surface area contributed by atoms with E-state index in [0.717, 1.165) is 17.5 Å². The quantitative estimate of drug-likeness (QED) is 0.830. The van der Waals surface area contributed by atoms with E-state index in [1.165, 1.54) is 0 Å². The van der Waals surface area contributed by atoms with Crippen LogP contribution >= 0.6 is 0 Å². The van der Waals surface area contributed by atoms with Crippen LogP contribution in [-0.4, -0.2) is 15.0 Å². The zero-order valence-corrected chi connectivity index (χ0v) is 11.8. The van der Waals surface area contributed by atoms with Crippen LogP contribution in [0, 0.1) is 12.3 Å². The van der Waals surface area contributed by atoms with Gasteiger partial charge >= 0.3 is 0 Å². The van der Waals surface area contributed by atoms with Gasteiger partial charge in [0.15, 0.2) is 0 Å². The topological polar surface area (TPSA) is 46.2 Å².